The monoisotopic (exact) mass is 671 g/mol. The van der Waals surface area contributed by atoms with Gasteiger partial charge >= 0.3 is 11.9 Å². The van der Waals surface area contributed by atoms with Crippen LogP contribution in [-0.2, 0) is 4.79 Å². The summed E-state index contributed by atoms with van der Waals surface area (Å²) in [5.74, 6) is -0.573. The van der Waals surface area contributed by atoms with Crippen molar-refractivity contribution in [3.8, 4) is 40.2 Å². The van der Waals surface area contributed by atoms with Gasteiger partial charge in [0.05, 0.1) is 47.3 Å². The van der Waals surface area contributed by atoms with Crippen molar-refractivity contribution < 1.29 is 52.3 Å². The van der Waals surface area contributed by atoms with E-state index >= 15 is 0 Å². The van der Waals surface area contributed by atoms with E-state index in [1.54, 1.807) is 30.3 Å². The average molecular weight is 672 g/mol. The van der Waals surface area contributed by atoms with Gasteiger partial charge in [-0.1, -0.05) is 6.07 Å². The molecule has 0 bridgehead atoms. The Morgan fingerprint density at radius 2 is 1.18 bits per heavy atom. The highest BCUT2D eigenvalue weighted by Gasteiger charge is 2.20. The zero-order valence-corrected chi connectivity index (χ0v) is 27.4. The van der Waals surface area contributed by atoms with E-state index in [1.165, 1.54) is 91.2 Å². The Labute approximate surface area is 281 Å². The zero-order valence-electron chi connectivity index (χ0n) is 27.4. The van der Waals surface area contributed by atoms with Crippen molar-refractivity contribution in [2.75, 3.05) is 40.9 Å². The minimum absolute atomic E-state index is 0.139. The summed E-state index contributed by atoms with van der Waals surface area (Å²) in [6, 6.07) is 18.2. The Morgan fingerprint density at radius 1 is 0.592 bits per heavy atom. The fourth-order valence-electron chi connectivity index (χ4n) is 4.43. The van der Waals surface area contributed by atoms with Crippen LogP contribution in [0.5, 0.6) is 40.2 Å². The maximum Gasteiger partial charge on any atom is 0.343 e. The van der Waals surface area contributed by atoms with E-state index < -0.39 is 23.8 Å². The number of hydrogen-bond donors (Lipinski definition) is 2. The molecule has 0 heterocycles. The summed E-state index contributed by atoms with van der Waals surface area (Å²) < 4.78 is 37.2. The number of carbonyl (C=O) groups excluding carboxylic acids is 4. The summed E-state index contributed by atoms with van der Waals surface area (Å²) in [6.45, 7) is 1.26. The largest absolute Gasteiger partial charge is 0.493 e. The molecule has 0 unspecified atom stereocenters. The van der Waals surface area contributed by atoms with Crippen molar-refractivity contribution >= 4 is 35.7 Å². The average Bonchev–Trinajstić information content (AvgIpc) is 3.11. The van der Waals surface area contributed by atoms with Crippen molar-refractivity contribution in [2.45, 2.75) is 6.92 Å². The van der Waals surface area contributed by atoms with Crippen LogP contribution in [0.1, 0.15) is 43.6 Å². The van der Waals surface area contributed by atoms with E-state index in [1.807, 2.05) is 0 Å². The van der Waals surface area contributed by atoms with Crippen molar-refractivity contribution in [1.82, 2.24) is 5.43 Å². The Bertz CT molecular complexity index is 1880. The molecule has 254 valence electrons. The van der Waals surface area contributed by atoms with Gasteiger partial charge in [0.15, 0.2) is 34.5 Å². The highest BCUT2D eigenvalue weighted by Crippen LogP contribution is 2.39. The first-order valence-corrected chi connectivity index (χ1v) is 14.4. The highest BCUT2D eigenvalue weighted by atomic mass is 16.6. The second kappa shape index (κ2) is 16.3. The van der Waals surface area contributed by atoms with Gasteiger partial charge in [-0.3, -0.25) is 14.4 Å². The Hall–Kier alpha value is -6.57. The van der Waals surface area contributed by atoms with Crippen LogP contribution < -0.4 is 43.9 Å². The quantitative estimate of drug-likeness (QED) is 0.0859. The van der Waals surface area contributed by atoms with E-state index in [0.29, 0.717) is 17.0 Å². The van der Waals surface area contributed by atoms with Crippen LogP contribution in [0.15, 0.2) is 77.9 Å². The van der Waals surface area contributed by atoms with Crippen LogP contribution in [0.25, 0.3) is 0 Å². The van der Waals surface area contributed by atoms with Gasteiger partial charge in [-0.15, -0.1) is 0 Å². The van der Waals surface area contributed by atoms with Crippen molar-refractivity contribution in [1.29, 1.82) is 0 Å². The summed E-state index contributed by atoms with van der Waals surface area (Å²) in [5.41, 5.74) is 3.94. The summed E-state index contributed by atoms with van der Waals surface area (Å²) in [6.07, 6.45) is 1.38. The van der Waals surface area contributed by atoms with E-state index in [9.17, 15) is 19.2 Å². The van der Waals surface area contributed by atoms with E-state index in [2.05, 4.69) is 15.8 Å². The summed E-state index contributed by atoms with van der Waals surface area (Å²) >= 11 is 0. The fraction of sp³-hybridized carbons (Fsp3) is 0.171. The number of ether oxygens (including phenoxy) is 7. The Kier molecular flexibility index (Phi) is 11.7. The molecule has 0 aromatic heterocycles. The van der Waals surface area contributed by atoms with Gasteiger partial charge in [-0.2, -0.15) is 5.10 Å². The molecule has 0 aliphatic rings. The number of carbonyl (C=O) groups is 4. The molecule has 2 N–H and O–H groups in total. The third kappa shape index (κ3) is 8.83. The van der Waals surface area contributed by atoms with Crippen LogP contribution >= 0.6 is 0 Å². The lowest BCUT2D eigenvalue weighted by Gasteiger charge is -2.14. The lowest BCUT2D eigenvalue weighted by molar-refractivity contribution is -0.132. The summed E-state index contributed by atoms with van der Waals surface area (Å²) in [5, 5.41) is 6.72. The third-order valence-corrected chi connectivity index (χ3v) is 6.73. The van der Waals surface area contributed by atoms with Crippen LogP contribution in [0, 0.1) is 0 Å². The van der Waals surface area contributed by atoms with Gasteiger partial charge in [-0.05, 0) is 72.3 Å². The molecular formula is C35H33N3O11. The summed E-state index contributed by atoms with van der Waals surface area (Å²) in [7, 11) is 7.13. The molecule has 4 rings (SSSR count). The molecule has 0 aliphatic carbocycles. The van der Waals surface area contributed by atoms with Crippen LogP contribution in [0.3, 0.4) is 0 Å². The third-order valence-electron chi connectivity index (χ3n) is 6.73. The van der Waals surface area contributed by atoms with Gasteiger partial charge in [0.1, 0.15) is 0 Å². The van der Waals surface area contributed by atoms with Gasteiger partial charge in [0.2, 0.25) is 5.75 Å². The number of benzene rings is 4. The number of esters is 2. The molecule has 0 atom stereocenters. The van der Waals surface area contributed by atoms with E-state index in [-0.39, 0.29) is 51.2 Å². The van der Waals surface area contributed by atoms with E-state index in [4.69, 9.17) is 33.2 Å². The summed E-state index contributed by atoms with van der Waals surface area (Å²) in [4.78, 5) is 49.9. The number of amides is 2. The van der Waals surface area contributed by atoms with Gasteiger partial charge in [0.25, 0.3) is 11.8 Å². The Balaban J connectivity index is 1.40. The highest BCUT2D eigenvalue weighted by molar-refractivity contribution is 6.05. The molecular weight excluding hydrogens is 638 g/mol. The van der Waals surface area contributed by atoms with Gasteiger partial charge < -0.3 is 38.5 Å². The second-order valence-electron chi connectivity index (χ2n) is 9.91. The van der Waals surface area contributed by atoms with Gasteiger partial charge in [-0.25, -0.2) is 10.2 Å². The van der Waals surface area contributed by atoms with Crippen molar-refractivity contribution in [3.63, 3.8) is 0 Å². The molecule has 0 saturated heterocycles. The second-order valence-corrected chi connectivity index (χ2v) is 9.91. The minimum atomic E-state index is -0.693. The van der Waals surface area contributed by atoms with Gasteiger partial charge in [0, 0.05) is 23.7 Å². The van der Waals surface area contributed by atoms with Crippen LogP contribution in [0.2, 0.25) is 0 Å². The topological polar surface area (TPSA) is 169 Å². The van der Waals surface area contributed by atoms with Crippen LogP contribution in [-0.4, -0.2) is 65.5 Å². The standard InChI is InChI=1S/C35H33N3O11/c1-20(39)48-26-13-11-23(16-29(26)44-3)33(40)37-25-9-7-8-22(15-25)34(41)38-36-19-21-10-12-27(28(14-21)43-2)49-35(42)24-17-30(45-4)32(47-6)31(18-24)46-5/h7-19H,1-6H3,(H,37,40)(H,38,41). The zero-order chi connectivity index (χ0) is 35.5. The maximum atomic E-state index is 13.0. The molecule has 0 radical (unpaired) electrons. The number of nitrogens with one attached hydrogen (secondary N) is 2. The molecule has 4 aromatic carbocycles. The molecule has 4 aromatic rings. The lowest BCUT2D eigenvalue weighted by atomic mass is 10.1. The molecule has 0 aliphatic heterocycles. The van der Waals surface area contributed by atoms with Crippen LogP contribution in [0.4, 0.5) is 5.69 Å². The normalized spacial score (nSPS) is 10.5. The molecule has 2 amide bonds. The number of hydrazone groups is 1. The SMILES string of the molecule is COc1cc(C(=O)Nc2cccc(C(=O)NN=Cc3ccc(OC(=O)c4cc(OC)c(OC)c(OC)c4)c(OC)c3)c2)ccc1OC(C)=O. The van der Waals surface area contributed by atoms with E-state index in [0.717, 1.165) is 0 Å². The first-order valence-electron chi connectivity index (χ1n) is 14.4. The lowest BCUT2D eigenvalue weighted by Crippen LogP contribution is -2.18. The fourth-order valence-corrected chi connectivity index (χ4v) is 4.43. The molecule has 0 saturated carbocycles. The van der Waals surface area contributed by atoms with Crippen molar-refractivity contribution in [2.24, 2.45) is 5.10 Å². The number of nitrogens with zero attached hydrogens (tertiary/aromatic N) is 1. The first kappa shape index (κ1) is 35.3. The molecule has 14 nitrogen and oxygen atoms in total. The number of anilines is 1. The maximum absolute atomic E-state index is 13.0. The Morgan fingerprint density at radius 3 is 1.82 bits per heavy atom. The molecule has 0 spiro atoms. The van der Waals surface area contributed by atoms with Crippen molar-refractivity contribution in [3.05, 3.63) is 95.1 Å². The number of rotatable bonds is 13. The molecule has 49 heavy (non-hydrogen) atoms. The number of methoxy groups -OCH3 is 5. The molecule has 0 fully saturated rings. The smallest absolute Gasteiger partial charge is 0.343 e. The predicted molar refractivity (Wildman–Crippen MR) is 178 cm³/mol. The number of hydrogen-bond acceptors (Lipinski definition) is 12. The molecule has 14 heteroatoms. The minimum Gasteiger partial charge on any atom is -0.493 e. The predicted octanol–water partition coefficient (Wildman–Crippen LogP) is 4.89. The first-order chi connectivity index (χ1) is 23.6.